The molecule has 0 aliphatic carbocycles. The average Bonchev–Trinajstić information content (AvgIpc) is 3.06. The van der Waals surface area contributed by atoms with Crippen molar-refractivity contribution in [1.29, 1.82) is 0 Å². The lowest BCUT2D eigenvalue weighted by atomic mass is 9.93. The van der Waals surface area contributed by atoms with E-state index in [0.29, 0.717) is 32.3 Å². The van der Waals surface area contributed by atoms with Gasteiger partial charge in [-0.3, -0.25) is 28.8 Å². The number of halogens is 6. The van der Waals surface area contributed by atoms with E-state index in [2.05, 4.69) is 95.6 Å². The lowest BCUT2D eigenvalue weighted by Crippen LogP contribution is -2.31. The van der Waals surface area contributed by atoms with Gasteiger partial charge in [-0.05, 0) is 152 Å². The molecule has 0 atom stereocenters. The van der Waals surface area contributed by atoms with Crippen molar-refractivity contribution in [2.45, 2.75) is 109 Å². The number of benzene rings is 4. The summed E-state index contributed by atoms with van der Waals surface area (Å²) >= 11 is 20.0. The van der Waals surface area contributed by atoms with Gasteiger partial charge in [0.05, 0.1) is 0 Å². The SMILES string of the molecule is CC(C)(Br)C(=O)Oc1cc2c3cc(OC(=O)C(C)(C)Br)c(OC(=O)C(C)(C)Br)cc3c3cc(OC(=O)C(C)(C)Br)c(OC(=O)C(C)(C)Br)cc3c2cc1OC(=O)C(C)(C)Br. The Hall–Kier alpha value is -2.64. The van der Waals surface area contributed by atoms with Gasteiger partial charge in [-0.15, -0.1) is 0 Å². The van der Waals surface area contributed by atoms with E-state index < -0.39 is 61.8 Å². The first-order valence-corrected chi connectivity index (χ1v) is 22.8. The summed E-state index contributed by atoms with van der Waals surface area (Å²) in [6.07, 6.45) is 0. The van der Waals surface area contributed by atoms with Gasteiger partial charge in [0.25, 0.3) is 0 Å². The van der Waals surface area contributed by atoms with Crippen molar-refractivity contribution in [1.82, 2.24) is 0 Å². The summed E-state index contributed by atoms with van der Waals surface area (Å²) in [5, 5.41) is 2.11. The molecule has 12 nitrogen and oxygen atoms in total. The normalized spacial score (nSPS) is 12.9. The molecule has 0 saturated carbocycles. The zero-order valence-electron chi connectivity index (χ0n) is 34.6. The van der Waals surface area contributed by atoms with Crippen LogP contribution in [-0.4, -0.2) is 61.8 Å². The largest absolute Gasteiger partial charge is 0.421 e. The van der Waals surface area contributed by atoms with Gasteiger partial charge in [-0.1, -0.05) is 95.6 Å². The van der Waals surface area contributed by atoms with E-state index >= 15 is 0 Å². The number of ether oxygens (including phenoxy) is 6. The van der Waals surface area contributed by atoms with Crippen molar-refractivity contribution in [2.75, 3.05) is 0 Å². The monoisotopic (exact) mass is 1210 g/mol. The fraction of sp³-hybridized carbons (Fsp3) is 0.429. The van der Waals surface area contributed by atoms with Crippen LogP contribution in [0.2, 0.25) is 0 Å². The third-order valence-electron chi connectivity index (χ3n) is 8.25. The summed E-state index contributed by atoms with van der Waals surface area (Å²) in [4.78, 5) is 80.2. The third kappa shape index (κ3) is 11.9. The molecule has 0 heterocycles. The number of rotatable bonds is 12. The smallest absolute Gasteiger partial charge is 0.327 e. The van der Waals surface area contributed by atoms with Crippen LogP contribution in [0, 0.1) is 0 Å². The summed E-state index contributed by atoms with van der Waals surface area (Å²) in [5.74, 6) is -5.27. The molecular formula is C42H42Br6O12. The van der Waals surface area contributed by atoms with Crippen LogP contribution in [0.4, 0.5) is 0 Å². The molecule has 0 bridgehead atoms. The van der Waals surface area contributed by atoms with E-state index in [1.165, 1.54) is 36.4 Å². The van der Waals surface area contributed by atoms with Crippen LogP contribution in [0.25, 0.3) is 32.3 Å². The number of carbonyl (C=O) groups is 6. The van der Waals surface area contributed by atoms with Gasteiger partial charge < -0.3 is 28.4 Å². The Bertz CT molecular complexity index is 1980. The minimum absolute atomic E-state index is 0.153. The minimum atomic E-state index is -1.17. The summed E-state index contributed by atoms with van der Waals surface area (Å²) < 4.78 is 28.2. The van der Waals surface area contributed by atoms with Crippen LogP contribution >= 0.6 is 95.6 Å². The van der Waals surface area contributed by atoms with Crippen LogP contribution in [0.3, 0.4) is 0 Å². The molecule has 0 saturated heterocycles. The standard InChI is InChI=1S/C42H42Br6O12/c1-37(2,43)31(49)55-25-13-19-20(14-26(25)56-32(50)38(3,4)44)22-16-28(58-34(52)40(7,8)46)30(60-36(54)42(11,12)48)18-24(22)23-17-29(59-35(53)41(9,10)47)27(15-21(19)23)57-33(51)39(5,6)45/h13-18H,1-12H3. The van der Waals surface area contributed by atoms with E-state index in [1.54, 1.807) is 83.1 Å². The van der Waals surface area contributed by atoms with Crippen LogP contribution in [0.15, 0.2) is 36.4 Å². The van der Waals surface area contributed by atoms with E-state index in [1.807, 2.05) is 0 Å². The molecule has 0 N–H and O–H groups in total. The van der Waals surface area contributed by atoms with Crippen LogP contribution in [0.1, 0.15) is 83.1 Å². The number of alkyl halides is 6. The second kappa shape index (κ2) is 17.5. The quantitative estimate of drug-likeness (QED) is 0.0573. The molecule has 0 unspecified atom stereocenters. The zero-order valence-corrected chi connectivity index (χ0v) is 44.1. The maximum atomic E-state index is 13.4. The molecule has 0 fully saturated rings. The molecule has 4 aromatic carbocycles. The summed E-state index contributed by atoms with van der Waals surface area (Å²) in [6.45, 7) is 18.9. The summed E-state index contributed by atoms with van der Waals surface area (Å²) in [7, 11) is 0. The molecule has 0 aliphatic heterocycles. The topological polar surface area (TPSA) is 158 Å². The molecule has 4 aromatic rings. The van der Waals surface area contributed by atoms with Gasteiger partial charge in [0.2, 0.25) is 0 Å². The fourth-order valence-electron chi connectivity index (χ4n) is 4.82. The van der Waals surface area contributed by atoms with E-state index in [9.17, 15) is 28.8 Å². The Morgan fingerprint density at radius 3 is 0.467 bits per heavy atom. The van der Waals surface area contributed by atoms with Crippen molar-refractivity contribution in [3.8, 4) is 34.5 Å². The minimum Gasteiger partial charge on any atom is -0.421 e. The zero-order chi connectivity index (χ0) is 45.9. The van der Waals surface area contributed by atoms with Crippen molar-refractivity contribution in [3.63, 3.8) is 0 Å². The molecule has 324 valence electrons. The van der Waals surface area contributed by atoms with Crippen LogP contribution in [-0.2, 0) is 28.8 Å². The number of hydrogen-bond acceptors (Lipinski definition) is 12. The molecule has 60 heavy (non-hydrogen) atoms. The Morgan fingerprint density at radius 1 is 0.283 bits per heavy atom. The second-order valence-corrected chi connectivity index (χ2v) is 28.6. The van der Waals surface area contributed by atoms with Gasteiger partial charge in [0, 0.05) is 0 Å². The summed E-state index contributed by atoms with van der Waals surface area (Å²) in [5.41, 5.74) is 0. The predicted molar refractivity (Wildman–Crippen MR) is 251 cm³/mol. The summed E-state index contributed by atoms with van der Waals surface area (Å²) in [6, 6.07) is 8.83. The van der Waals surface area contributed by atoms with Crippen molar-refractivity contribution in [2.24, 2.45) is 0 Å². The molecule has 4 rings (SSSR count). The Kier molecular flexibility index (Phi) is 14.6. The van der Waals surface area contributed by atoms with Crippen LogP contribution in [0.5, 0.6) is 34.5 Å². The Labute approximate surface area is 397 Å². The number of carbonyl (C=O) groups excluding carboxylic acids is 6. The van der Waals surface area contributed by atoms with Gasteiger partial charge in [0.1, 0.15) is 25.9 Å². The second-order valence-electron chi connectivity index (χ2n) is 16.7. The Balaban J connectivity index is 2.33. The average molecular weight is 1220 g/mol. The highest BCUT2D eigenvalue weighted by atomic mass is 79.9. The third-order valence-corrected chi connectivity index (χ3v) is 10.2. The molecule has 18 heteroatoms. The van der Waals surface area contributed by atoms with Crippen molar-refractivity contribution < 1.29 is 57.2 Å². The van der Waals surface area contributed by atoms with Crippen LogP contribution < -0.4 is 28.4 Å². The van der Waals surface area contributed by atoms with Crippen molar-refractivity contribution in [3.05, 3.63) is 36.4 Å². The number of hydrogen-bond donors (Lipinski definition) is 0. The highest BCUT2D eigenvalue weighted by Crippen LogP contribution is 2.48. The maximum Gasteiger partial charge on any atom is 0.327 e. The van der Waals surface area contributed by atoms with Crippen molar-refractivity contribution >= 4 is 164 Å². The first-order valence-electron chi connectivity index (χ1n) is 18.0. The molecular weight excluding hydrogens is 1180 g/mol. The fourth-order valence-corrected chi connectivity index (χ4v) is 5.31. The molecule has 0 amide bonds. The molecule has 0 aromatic heterocycles. The van der Waals surface area contributed by atoms with E-state index in [-0.39, 0.29) is 34.5 Å². The predicted octanol–water partition coefficient (Wildman–Crippen LogP) is 11.6. The van der Waals surface area contributed by atoms with Gasteiger partial charge >= 0.3 is 35.8 Å². The molecule has 0 spiro atoms. The van der Waals surface area contributed by atoms with Gasteiger partial charge in [0.15, 0.2) is 34.5 Å². The first kappa shape index (κ1) is 50.0. The number of fused-ring (bicyclic) bond motifs is 6. The lowest BCUT2D eigenvalue weighted by molar-refractivity contribution is -0.138. The number of esters is 6. The highest BCUT2D eigenvalue weighted by Gasteiger charge is 2.35. The lowest BCUT2D eigenvalue weighted by Gasteiger charge is -2.23. The van der Waals surface area contributed by atoms with Gasteiger partial charge in [-0.2, -0.15) is 0 Å². The van der Waals surface area contributed by atoms with Gasteiger partial charge in [-0.25, -0.2) is 0 Å². The molecule has 0 aliphatic rings. The Morgan fingerprint density at radius 2 is 0.383 bits per heavy atom. The first-order chi connectivity index (χ1) is 27.0. The maximum absolute atomic E-state index is 13.4. The molecule has 0 radical (unpaired) electrons. The highest BCUT2D eigenvalue weighted by molar-refractivity contribution is 9.11. The van der Waals surface area contributed by atoms with E-state index in [0.717, 1.165) is 0 Å². The van der Waals surface area contributed by atoms with E-state index in [4.69, 9.17) is 28.4 Å².